The fourth-order valence-corrected chi connectivity index (χ4v) is 1.18. The summed E-state index contributed by atoms with van der Waals surface area (Å²) in [6, 6.07) is 9.97. The lowest BCUT2D eigenvalue weighted by Gasteiger charge is -2.04. The molecule has 0 unspecified atom stereocenters. The molecule has 1 heteroatoms. The molecule has 0 atom stereocenters. The van der Waals surface area contributed by atoms with Crippen LogP contribution >= 0.6 is 0 Å². The highest BCUT2D eigenvalue weighted by Crippen LogP contribution is 2.08. The number of hydrogen-bond acceptors (Lipinski definition) is 1. The topological polar surface area (TPSA) is 9.23 Å². The molecule has 0 heterocycles. The van der Waals surface area contributed by atoms with Crippen molar-refractivity contribution in [2.24, 2.45) is 0 Å². The predicted molar refractivity (Wildman–Crippen MR) is 76.5 cm³/mol. The molecule has 0 spiro atoms. The summed E-state index contributed by atoms with van der Waals surface area (Å²) < 4.78 is 5.51. The number of unbranched alkanes of at least 4 members (excludes halogenated alkanes) is 2. The molecule has 1 aromatic rings. The molecule has 0 aliphatic rings. The number of allylic oxidation sites excluding steroid dienone is 2. The van der Waals surface area contributed by atoms with E-state index in [1.54, 1.807) is 0 Å². The van der Waals surface area contributed by atoms with Crippen LogP contribution < -0.4 is 4.74 Å². The van der Waals surface area contributed by atoms with E-state index in [0.29, 0.717) is 0 Å². The molecule has 0 saturated carbocycles. The van der Waals surface area contributed by atoms with Crippen LogP contribution in [0.4, 0.5) is 0 Å². The van der Waals surface area contributed by atoms with E-state index in [2.05, 4.69) is 20.1 Å². The van der Waals surface area contributed by atoms with E-state index < -0.39 is 0 Å². The summed E-state index contributed by atoms with van der Waals surface area (Å²) in [4.78, 5) is 0. The Hall–Kier alpha value is -1.50. The lowest BCUT2D eigenvalue weighted by molar-refractivity contribution is 0.306. The SMILES string of the molecule is C=CCC=C.CCCCCOc1ccccc1. The zero-order valence-corrected chi connectivity index (χ0v) is 10.9. The van der Waals surface area contributed by atoms with Gasteiger partial charge in [-0.15, -0.1) is 13.2 Å². The molecule has 0 radical (unpaired) electrons. The highest BCUT2D eigenvalue weighted by atomic mass is 16.5. The van der Waals surface area contributed by atoms with E-state index in [-0.39, 0.29) is 0 Å². The third-order valence-electron chi connectivity index (χ3n) is 2.09. The summed E-state index contributed by atoms with van der Waals surface area (Å²) in [5.41, 5.74) is 0. The maximum atomic E-state index is 5.51. The van der Waals surface area contributed by atoms with Crippen molar-refractivity contribution in [2.45, 2.75) is 32.6 Å². The Morgan fingerprint density at radius 1 is 1.06 bits per heavy atom. The van der Waals surface area contributed by atoms with Crippen LogP contribution in [-0.4, -0.2) is 6.61 Å². The minimum absolute atomic E-state index is 0.845. The van der Waals surface area contributed by atoms with Crippen LogP contribution in [0.2, 0.25) is 0 Å². The lowest BCUT2D eigenvalue weighted by atomic mass is 10.3. The van der Waals surface area contributed by atoms with Gasteiger partial charge in [0.2, 0.25) is 0 Å². The first kappa shape index (κ1) is 15.5. The maximum absolute atomic E-state index is 5.51. The smallest absolute Gasteiger partial charge is 0.119 e. The third-order valence-corrected chi connectivity index (χ3v) is 2.09. The van der Waals surface area contributed by atoms with Gasteiger partial charge in [-0.25, -0.2) is 0 Å². The molecular weight excluding hydrogens is 208 g/mol. The van der Waals surface area contributed by atoms with Crippen molar-refractivity contribution >= 4 is 0 Å². The Kier molecular flexibility index (Phi) is 11.5. The summed E-state index contributed by atoms with van der Waals surface area (Å²) in [6.45, 7) is 10.0. The van der Waals surface area contributed by atoms with Crippen molar-refractivity contribution in [2.75, 3.05) is 6.61 Å². The zero-order chi connectivity index (χ0) is 12.8. The summed E-state index contributed by atoms with van der Waals surface area (Å²) in [5, 5.41) is 0. The molecule has 0 fully saturated rings. The Morgan fingerprint density at radius 3 is 2.18 bits per heavy atom. The molecule has 0 aromatic heterocycles. The number of para-hydroxylation sites is 1. The second-order valence-electron chi connectivity index (χ2n) is 3.68. The Labute approximate surface area is 106 Å². The molecule has 0 saturated heterocycles. The minimum atomic E-state index is 0.845. The molecule has 1 rings (SSSR count). The highest BCUT2D eigenvalue weighted by Gasteiger charge is 1.89. The van der Waals surface area contributed by atoms with Crippen molar-refractivity contribution in [3.8, 4) is 5.75 Å². The number of hydrogen-bond donors (Lipinski definition) is 0. The largest absolute Gasteiger partial charge is 0.494 e. The average molecular weight is 232 g/mol. The molecular formula is C16H24O. The van der Waals surface area contributed by atoms with Gasteiger partial charge in [0.1, 0.15) is 5.75 Å². The Morgan fingerprint density at radius 2 is 1.71 bits per heavy atom. The fraction of sp³-hybridized carbons (Fsp3) is 0.375. The molecule has 94 valence electrons. The molecule has 0 bridgehead atoms. The first-order valence-corrected chi connectivity index (χ1v) is 6.24. The van der Waals surface area contributed by atoms with Crippen LogP contribution in [0.5, 0.6) is 5.75 Å². The zero-order valence-electron chi connectivity index (χ0n) is 10.9. The van der Waals surface area contributed by atoms with Crippen molar-refractivity contribution in [3.05, 3.63) is 55.6 Å². The molecule has 0 aliphatic heterocycles. The fourth-order valence-electron chi connectivity index (χ4n) is 1.18. The molecule has 0 N–H and O–H groups in total. The molecule has 0 amide bonds. The van der Waals surface area contributed by atoms with Crippen molar-refractivity contribution in [3.63, 3.8) is 0 Å². The standard InChI is InChI=1S/C11H16O.C5H8/c1-2-3-7-10-12-11-8-5-4-6-9-11;1-3-5-4-2/h4-6,8-9H,2-3,7,10H2,1H3;3-4H,1-2,5H2. The average Bonchev–Trinajstić information content (AvgIpc) is 2.38. The van der Waals surface area contributed by atoms with E-state index in [1.165, 1.54) is 12.8 Å². The monoisotopic (exact) mass is 232 g/mol. The molecule has 1 aromatic carbocycles. The Bertz CT molecular complexity index is 271. The second-order valence-corrected chi connectivity index (χ2v) is 3.68. The summed E-state index contributed by atoms with van der Waals surface area (Å²) in [5.74, 6) is 0.980. The van der Waals surface area contributed by atoms with Crippen LogP contribution in [0.25, 0.3) is 0 Å². The summed E-state index contributed by atoms with van der Waals surface area (Å²) in [6.07, 6.45) is 8.20. The van der Waals surface area contributed by atoms with Gasteiger partial charge >= 0.3 is 0 Å². The van der Waals surface area contributed by atoms with Crippen molar-refractivity contribution in [1.82, 2.24) is 0 Å². The van der Waals surface area contributed by atoms with Crippen LogP contribution in [0.15, 0.2) is 55.6 Å². The van der Waals surface area contributed by atoms with Gasteiger partial charge in [-0.05, 0) is 25.0 Å². The van der Waals surface area contributed by atoms with Gasteiger partial charge in [-0.3, -0.25) is 0 Å². The van der Waals surface area contributed by atoms with Gasteiger partial charge in [0, 0.05) is 0 Å². The molecule has 1 nitrogen and oxygen atoms in total. The first-order valence-electron chi connectivity index (χ1n) is 6.24. The van der Waals surface area contributed by atoms with E-state index in [0.717, 1.165) is 25.2 Å². The normalized spacial score (nSPS) is 8.76. The summed E-state index contributed by atoms with van der Waals surface area (Å²) >= 11 is 0. The minimum Gasteiger partial charge on any atom is -0.494 e. The van der Waals surface area contributed by atoms with Gasteiger partial charge in [0.15, 0.2) is 0 Å². The van der Waals surface area contributed by atoms with Crippen molar-refractivity contribution in [1.29, 1.82) is 0 Å². The van der Waals surface area contributed by atoms with E-state index in [9.17, 15) is 0 Å². The quantitative estimate of drug-likeness (QED) is 0.474. The molecule has 0 aliphatic carbocycles. The second kappa shape index (κ2) is 12.6. The Balaban J connectivity index is 0.000000437. The van der Waals surface area contributed by atoms with Gasteiger partial charge in [-0.2, -0.15) is 0 Å². The molecule has 17 heavy (non-hydrogen) atoms. The maximum Gasteiger partial charge on any atom is 0.119 e. The summed E-state index contributed by atoms with van der Waals surface area (Å²) in [7, 11) is 0. The van der Waals surface area contributed by atoms with Crippen LogP contribution in [0, 0.1) is 0 Å². The number of rotatable bonds is 7. The van der Waals surface area contributed by atoms with E-state index >= 15 is 0 Å². The third kappa shape index (κ3) is 10.8. The van der Waals surface area contributed by atoms with Crippen LogP contribution in [-0.2, 0) is 0 Å². The van der Waals surface area contributed by atoms with E-state index in [4.69, 9.17) is 4.74 Å². The van der Waals surface area contributed by atoms with Gasteiger partial charge in [0.25, 0.3) is 0 Å². The number of benzene rings is 1. The van der Waals surface area contributed by atoms with Crippen molar-refractivity contribution < 1.29 is 4.74 Å². The predicted octanol–water partition coefficient (Wildman–Crippen LogP) is 5.00. The van der Waals surface area contributed by atoms with Crippen LogP contribution in [0.1, 0.15) is 32.6 Å². The highest BCUT2D eigenvalue weighted by molar-refractivity contribution is 5.20. The van der Waals surface area contributed by atoms with Gasteiger partial charge in [-0.1, -0.05) is 50.1 Å². The first-order chi connectivity index (χ1) is 8.35. The number of ether oxygens (including phenoxy) is 1. The van der Waals surface area contributed by atoms with Crippen LogP contribution in [0.3, 0.4) is 0 Å². The van der Waals surface area contributed by atoms with E-state index in [1.807, 2.05) is 42.5 Å². The lowest BCUT2D eigenvalue weighted by Crippen LogP contribution is -1.96. The van der Waals surface area contributed by atoms with Gasteiger partial charge in [0.05, 0.1) is 6.61 Å². The van der Waals surface area contributed by atoms with Gasteiger partial charge < -0.3 is 4.74 Å².